The first-order chi connectivity index (χ1) is 12.0. The Kier molecular flexibility index (Phi) is 5.71. The molecule has 0 spiro atoms. The molecule has 1 saturated heterocycles. The minimum absolute atomic E-state index is 0.0224. The molecule has 1 saturated carbocycles. The minimum Gasteiger partial charge on any atom is -0.352 e. The highest BCUT2D eigenvalue weighted by atomic mass is 16.2. The molecule has 3 rings (SSSR count). The molecule has 1 aliphatic carbocycles. The molecule has 1 aromatic rings. The maximum absolute atomic E-state index is 12.5. The van der Waals surface area contributed by atoms with Crippen LogP contribution in [0.5, 0.6) is 0 Å². The molecule has 2 aliphatic rings. The van der Waals surface area contributed by atoms with Crippen molar-refractivity contribution >= 4 is 17.5 Å². The van der Waals surface area contributed by atoms with Crippen molar-refractivity contribution in [1.82, 2.24) is 15.1 Å². The number of para-hydroxylation sites is 1. The summed E-state index contributed by atoms with van der Waals surface area (Å²) in [5.41, 5.74) is 1.93. The monoisotopic (exact) mass is 344 g/mol. The van der Waals surface area contributed by atoms with E-state index in [4.69, 9.17) is 0 Å². The summed E-state index contributed by atoms with van der Waals surface area (Å²) < 4.78 is 0. The van der Waals surface area contributed by atoms with E-state index in [1.165, 1.54) is 0 Å². The van der Waals surface area contributed by atoms with Gasteiger partial charge in [-0.05, 0) is 38.3 Å². The molecule has 136 valence electrons. The Morgan fingerprint density at radius 2 is 1.84 bits per heavy atom. The van der Waals surface area contributed by atoms with Crippen molar-refractivity contribution in [2.45, 2.75) is 38.8 Å². The zero-order valence-corrected chi connectivity index (χ0v) is 15.1. The van der Waals surface area contributed by atoms with E-state index in [0.29, 0.717) is 12.6 Å². The van der Waals surface area contributed by atoms with E-state index in [-0.39, 0.29) is 17.9 Å². The Bertz CT molecular complexity index is 622. The van der Waals surface area contributed by atoms with E-state index < -0.39 is 0 Å². The largest absolute Gasteiger partial charge is 0.352 e. The number of benzene rings is 1. The highest BCUT2D eigenvalue weighted by Crippen LogP contribution is 2.18. The van der Waals surface area contributed by atoms with E-state index in [0.717, 1.165) is 50.3 Å². The van der Waals surface area contributed by atoms with Crippen molar-refractivity contribution in [3.63, 3.8) is 0 Å². The number of hydrogen-bond donors (Lipinski definition) is 2. The fourth-order valence-corrected chi connectivity index (χ4v) is 3.13. The van der Waals surface area contributed by atoms with E-state index in [1.54, 1.807) is 0 Å². The van der Waals surface area contributed by atoms with Crippen LogP contribution < -0.4 is 10.6 Å². The fraction of sp³-hybridized carbons (Fsp3) is 0.579. The van der Waals surface area contributed by atoms with Crippen LogP contribution in [0.1, 0.15) is 25.3 Å². The summed E-state index contributed by atoms with van der Waals surface area (Å²) in [5, 5.41) is 6.05. The van der Waals surface area contributed by atoms with Crippen LogP contribution in [-0.4, -0.2) is 66.4 Å². The van der Waals surface area contributed by atoms with Crippen molar-refractivity contribution < 1.29 is 9.59 Å². The second-order valence-corrected chi connectivity index (χ2v) is 7.13. The zero-order chi connectivity index (χ0) is 17.8. The van der Waals surface area contributed by atoms with Crippen LogP contribution in [0.4, 0.5) is 5.69 Å². The average Bonchev–Trinajstić information content (AvgIpc) is 3.40. The molecule has 0 radical (unpaired) electrons. The lowest BCUT2D eigenvalue weighted by Crippen LogP contribution is -2.54. The lowest BCUT2D eigenvalue weighted by Gasteiger charge is -2.37. The molecule has 1 aromatic carbocycles. The predicted octanol–water partition coefficient (Wildman–Crippen LogP) is 1.22. The second kappa shape index (κ2) is 7.97. The Balaban J connectivity index is 1.44. The molecule has 1 atom stereocenters. The highest BCUT2D eigenvalue weighted by molar-refractivity contribution is 5.95. The maximum Gasteiger partial charge on any atom is 0.241 e. The van der Waals surface area contributed by atoms with Crippen LogP contribution >= 0.6 is 0 Å². The number of nitrogens with zero attached hydrogens (tertiary/aromatic N) is 2. The van der Waals surface area contributed by atoms with Crippen LogP contribution in [0.25, 0.3) is 0 Å². The summed E-state index contributed by atoms with van der Waals surface area (Å²) in [4.78, 5) is 28.8. The van der Waals surface area contributed by atoms with Gasteiger partial charge in [-0.2, -0.15) is 0 Å². The number of hydrogen-bond acceptors (Lipinski definition) is 4. The van der Waals surface area contributed by atoms with Crippen LogP contribution in [-0.2, 0) is 9.59 Å². The van der Waals surface area contributed by atoms with Crippen molar-refractivity contribution in [1.29, 1.82) is 0 Å². The Hall–Kier alpha value is -1.92. The van der Waals surface area contributed by atoms with Gasteiger partial charge in [-0.25, -0.2) is 0 Å². The van der Waals surface area contributed by atoms with Crippen LogP contribution in [0.3, 0.4) is 0 Å². The van der Waals surface area contributed by atoms with Crippen molar-refractivity contribution in [2.75, 3.05) is 38.0 Å². The zero-order valence-electron chi connectivity index (χ0n) is 15.1. The van der Waals surface area contributed by atoms with Gasteiger partial charge in [0.1, 0.15) is 0 Å². The molecule has 2 fully saturated rings. The predicted molar refractivity (Wildman–Crippen MR) is 98.4 cm³/mol. The Labute approximate surface area is 149 Å². The van der Waals surface area contributed by atoms with Gasteiger partial charge >= 0.3 is 0 Å². The third kappa shape index (κ3) is 5.03. The molecule has 1 heterocycles. The first-order valence-corrected chi connectivity index (χ1v) is 9.15. The number of aryl methyl sites for hydroxylation is 1. The first kappa shape index (κ1) is 17.9. The van der Waals surface area contributed by atoms with Gasteiger partial charge < -0.3 is 10.6 Å². The molecular weight excluding hydrogens is 316 g/mol. The van der Waals surface area contributed by atoms with Gasteiger partial charge in [0.2, 0.25) is 11.8 Å². The standard InChI is InChI=1S/C19H28N4O2/c1-14-5-3-4-6-17(14)21-19(25)15(2)23-11-9-22(10-12-23)13-18(24)20-16-7-8-16/h3-6,15-16H,7-13H2,1-2H3,(H,20,24)(H,21,25)/t15-/m1/s1. The molecular formula is C19H28N4O2. The number of amides is 2. The summed E-state index contributed by atoms with van der Waals surface area (Å²) >= 11 is 0. The highest BCUT2D eigenvalue weighted by Gasteiger charge is 2.28. The SMILES string of the molecule is Cc1ccccc1NC(=O)[C@@H](C)N1CCN(CC(=O)NC2CC2)CC1. The summed E-state index contributed by atoms with van der Waals surface area (Å²) in [6.07, 6.45) is 2.24. The first-order valence-electron chi connectivity index (χ1n) is 9.15. The van der Waals surface area contributed by atoms with Gasteiger partial charge in [-0.3, -0.25) is 19.4 Å². The van der Waals surface area contributed by atoms with Crippen LogP contribution in [0, 0.1) is 6.92 Å². The number of carbonyl (C=O) groups excluding carboxylic acids is 2. The number of piperazine rings is 1. The maximum atomic E-state index is 12.5. The van der Waals surface area contributed by atoms with E-state index in [2.05, 4.69) is 20.4 Å². The summed E-state index contributed by atoms with van der Waals surface area (Å²) in [5.74, 6) is 0.149. The third-order valence-electron chi connectivity index (χ3n) is 5.05. The summed E-state index contributed by atoms with van der Waals surface area (Å²) in [7, 11) is 0. The average molecular weight is 344 g/mol. The second-order valence-electron chi connectivity index (χ2n) is 7.13. The topological polar surface area (TPSA) is 64.7 Å². The van der Waals surface area contributed by atoms with Crippen LogP contribution in [0.15, 0.2) is 24.3 Å². The normalized spacial score (nSPS) is 20.1. The fourth-order valence-electron chi connectivity index (χ4n) is 3.13. The Morgan fingerprint density at radius 1 is 1.16 bits per heavy atom. The quantitative estimate of drug-likeness (QED) is 0.814. The molecule has 2 N–H and O–H groups in total. The van der Waals surface area contributed by atoms with Gasteiger partial charge in [0.15, 0.2) is 0 Å². The lowest BCUT2D eigenvalue weighted by molar-refractivity contribution is -0.124. The van der Waals surface area contributed by atoms with Gasteiger partial charge in [-0.15, -0.1) is 0 Å². The molecule has 2 amide bonds. The van der Waals surface area contributed by atoms with Gasteiger partial charge in [0.25, 0.3) is 0 Å². The number of anilines is 1. The van der Waals surface area contributed by atoms with E-state index in [9.17, 15) is 9.59 Å². The molecule has 6 nitrogen and oxygen atoms in total. The molecule has 0 bridgehead atoms. The number of carbonyl (C=O) groups is 2. The van der Waals surface area contributed by atoms with Crippen LogP contribution in [0.2, 0.25) is 0 Å². The molecule has 25 heavy (non-hydrogen) atoms. The summed E-state index contributed by atoms with van der Waals surface area (Å²) in [6, 6.07) is 8.05. The van der Waals surface area contributed by atoms with Gasteiger partial charge in [0.05, 0.1) is 12.6 Å². The Morgan fingerprint density at radius 3 is 2.48 bits per heavy atom. The smallest absolute Gasteiger partial charge is 0.241 e. The van der Waals surface area contributed by atoms with Crippen molar-refractivity contribution in [2.24, 2.45) is 0 Å². The lowest BCUT2D eigenvalue weighted by atomic mass is 10.1. The number of rotatable bonds is 6. The minimum atomic E-state index is -0.179. The molecule has 1 aliphatic heterocycles. The molecule has 6 heteroatoms. The van der Waals surface area contributed by atoms with Gasteiger partial charge in [0, 0.05) is 37.9 Å². The number of nitrogens with one attached hydrogen (secondary N) is 2. The van der Waals surface area contributed by atoms with E-state index in [1.807, 2.05) is 38.1 Å². The summed E-state index contributed by atoms with van der Waals surface area (Å²) in [6.45, 7) is 7.65. The van der Waals surface area contributed by atoms with Crippen molar-refractivity contribution in [3.8, 4) is 0 Å². The van der Waals surface area contributed by atoms with Crippen molar-refractivity contribution in [3.05, 3.63) is 29.8 Å². The van der Waals surface area contributed by atoms with Gasteiger partial charge in [-0.1, -0.05) is 18.2 Å². The third-order valence-corrected chi connectivity index (χ3v) is 5.05. The van der Waals surface area contributed by atoms with E-state index >= 15 is 0 Å². The molecule has 0 unspecified atom stereocenters. The molecule has 0 aromatic heterocycles.